The van der Waals surface area contributed by atoms with Crippen LogP contribution in [-0.4, -0.2) is 23.5 Å². The number of carbonyl (C=O) groups is 1. The fourth-order valence-electron chi connectivity index (χ4n) is 0.805. The summed E-state index contributed by atoms with van der Waals surface area (Å²) in [6, 6.07) is 0.272. The molecular weight excluding hydrogens is 170 g/mol. The third-order valence-corrected chi connectivity index (χ3v) is 2.46. The SMILES string of the molecule is CCCSCCC(=O)NC(C)C. The molecule has 0 heterocycles. The molecule has 0 fully saturated rings. The molecule has 0 aliphatic carbocycles. The summed E-state index contributed by atoms with van der Waals surface area (Å²) in [6.45, 7) is 6.12. The largest absolute Gasteiger partial charge is 0.354 e. The van der Waals surface area contributed by atoms with E-state index in [1.807, 2.05) is 25.6 Å². The van der Waals surface area contributed by atoms with Crippen molar-refractivity contribution in [3.05, 3.63) is 0 Å². The van der Waals surface area contributed by atoms with Crippen LogP contribution in [0.15, 0.2) is 0 Å². The van der Waals surface area contributed by atoms with Crippen molar-refractivity contribution in [1.29, 1.82) is 0 Å². The van der Waals surface area contributed by atoms with Crippen LogP contribution in [-0.2, 0) is 4.79 Å². The molecule has 2 nitrogen and oxygen atoms in total. The van der Waals surface area contributed by atoms with Gasteiger partial charge in [-0.05, 0) is 26.0 Å². The van der Waals surface area contributed by atoms with Gasteiger partial charge in [-0.2, -0.15) is 11.8 Å². The third-order valence-electron chi connectivity index (χ3n) is 1.27. The molecule has 1 N–H and O–H groups in total. The smallest absolute Gasteiger partial charge is 0.221 e. The van der Waals surface area contributed by atoms with Gasteiger partial charge >= 0.3 is 0 Å². The summed E-state index contributed by atoms with van der Waals surface area (Å²) in [5, 5.41) is 2.87. The Morgan fingerprint density at radius 1 is 1.42 bits per heavy atom. The summed E-state index contributed by atoms with van der Waals surface area (Å²) in [6.07, 6.45) is 1.85. The predicted octanol–water partition coefficient (Wildman–Crippen LogP) is 2.04. The number of rotatable bonds is 6. The zero-order valence-electron chi connectivity index (χ0n) is 8.22. The number of nitrogens with one attached hydrogen (secondary N) is 1. The lowest BCUT2D eigenvalue weighted by Gasteiger charge is -2.07. The molecule has 0 aromatic carbocycles. The lowest BCUT2D eigenvalue weighted by atomic mass is 10.3. The van der Waals surface area contributed by atoms with Crippen LogP contribution in [0, 0.1) is 0 Å². The number of hydrogen-bond donors (Lipinski definition) is 1. The van der Waals surface area contributed by atoms with E-state index in [9.17, 15) is 4.79 Å². The maximum atomic E-state index is 11.1. The maximum absolute atomic E-state index is 11.1. The van der Waals surface area contributed by atoms with Crippen LogP contribution in [0.2, 0.25) is 0 Å². The second kappa shape index (κ2) is 7.47. The van der Waals surface area contributed by atoms with Gasteiger partial charge < -0.3 is 5.32 Å². The molecule has 0 saturated heterocycles. The van der Waals surface area contributed by atoms with Crippen molar-refractivity contribution < 1.29 is 4.79 Å². The minimum Gasteiger partial charge on any atom is -0.354 e. The van der Waals surface area contributed by atoms with Crippen LogP contribution in [0.25, 0.3) is 0 Å². The fourth-order valence-corrected chi connectivity index (χ4v) is 1.63. The molecule has 0 saturated carbocycles. The fraction of sp³-hybridized carbons (Fsp3) is 0.889. The van der Waals surface area contributed by atoms with Crippen LogP contribution >= 0.6 is 11.8 Å². The van der Waals surface area contributed by atoms with Crippen molar-refractivity contribution in [2.75, 3.05) is 11.5 Å². The first-order chi connectivity index (χ1) is 5.66. The summed E-state index contributed by atoms with van der Waals surface area (Å²) in [4.78, 5) is 11.1. The quantitative estimate of drug-likeness (QED) is 0.648. The van der Waals surface area contributed by atoms with Gasteiger partial charge in [0.15, 0.2) is 0 Å². The Morgan fingerprint density at radius 2 is 2.08 bits per heavy atom. The molecule has 12 heavy (non-hydrogen) atoms. The molecule has 1 amide bonds. The predicted molar refractivity (Wildman–Crippen MR) is 55.5 cm³/mol. The first kappa shape index (κ1) is 11.8. The summed E-state index contributed by atoms with van der Waals surface area (Å²) >= 11 is 1.85. The molecule has 72 valence electrons. The van der Waals surface area contributed by atoms with Gasteiger partial charge in [-0.15, -0.1) is 0 Å². The molecule has 3 heteroatoms. The highest BCUT2D eigenvalue weighted by Gasteiger charge is 2.01. The van der Waals surface area contributed by atoms with E-state index in [1.54, 1.807) is 0 Å². The number of thioether (sulfide) groups is 1. The first-order valence-corrected chi connectivity index (χ1v) is 5.69. The van der Waals surface area contributed by atoms with E-state index in [1.165, 1.54) is 6.42 Å². The minimum atomic E-state index is 0.175. The van der Waals surface area contributed by atoms with E-state index in [0.717, 1.165) is 11.5 Å². The van der Waals surface area contributed by atoms with Crippen molar-refractivity contribution in [3.8, 4) is 0 Å². The van der Waals surface area contributed by atoms with Gasteiger partial charge in [0.2, 0.25) is 5.91 Å². The van der Waals surface area contributed by atoms with E-state index >= 15 is 0 Å². The van der Waals surface area contributed by atoms with Crippen LogP contribution in [0.1, 0.15) is 33.6 Å². The van der Waals surface area contributed by atoms with Crippen molar-refractivity contribution in [1.82, 2.24) is 5.32 Å². The molecular formula is C9H19NOS. The van der Waals surface area contributed by atoms with Crippen LogP contribution in [0.3, 0.4) is 0 Å². The Hall–Kier alpha value is -0.180. The second-order valence-electron chi connectivity index (χ2n) is 3.08. The summed E-state index contributed by atoms with van der Waals surface area (Å²) in [7, 11) is 0. The first-order valence-electron chi connectivity index (χ1n) is 4.54. The van der Waals surface area contributed by atoms with Gasteiger partial charge in [-0.3, -0.25) is 4.79 Å². The second-order valence-corrected chi connectivity index (χ2v) is 4.31. The van der Waals surface area contributed by atoms with E-state index in [0.29, 0.717) is 6.42 Å². The van der Waals surface area contributed by atoms with Crippen molar-refractivity contribution in [3.63, 3.8) is 0 Å². The lowest BCUT2D eigenvalue weighted by molar-refractivity contribution is -0.121. The molecule has 0 unspecified atom stereocenters. The van der Waals surface area contributed by atoms with E-state index in [4.69, 9.17) is 0 Å². The Labute approximate surface area is 79.5 Å². The Balaban J connectivity index is 3.20. The summed E-state index contributed by atoms with van der Waals surface area (Å²) < 4.78 is 0. The number of hydrogen-bond acceptors (Lipinski definition) is 2. The molecule has 0 radical (unpaired) electrons. The molecule has 0 aliphatic rings. The molecule has 0 aromatic heterocycles. The Kier molecular flexibility index (Phi) is 7.36. The molecule has 0 bridgehead atoms. The minimum absolute atomic E-state index is 0.175. The average Bonchev–Trinajstić information content (AvgIpc) is 1.97. The van der Waals surface area contributed by atoms with E-state index < -0.39 is 0 Å². The van der Waals surface area contributed by atoms with Gasteiger partial charge in [-0.25, -0.2) is 0 Å². The normalized spacial score (nSPS) is 10.3. The monoisotopic (exact) mass is 189 g/mol. The number of amides is 1. The van der Waals surface area contributed by atoms with E-state index in [2.05, 4.69) is 12.2 Å². The summed E-state index contributed by atoms with van der Waals surface area (Å²) in [5.41, 5.74) is 0. The zero-order valence-corrected chi connectivity index (χ0v) is 9.04. The van der Waals surface area contributed by atoms with Crippen LogP contribution in [0.4, 0.5) is 0 Å². The Morgan fingerprint density at radius 3 is 2.58 bits per heavy atom. The molecule has 0 spiro atoms. The van der Waals surface area contributed by atoms with Gasteiger partial charge in [-0.1, -0.05) is 6.92 Å². The maximum Gasteiger partial charge on any atom is 0.221 e. The van der Waals surface area contributed by atoms with Crippen LogP contribution < -0.4 is 5.32 Å². The topological polar surface area (TPSA) is 29.1 Å². The van der Waals surface area contributed by atoms with Crippen molar-refractivity contribution >= 4 is 17.7 Å². The highest BCUT2D eigenvalue weighted by Crippen LogP contribution is 2.03. The van der Waals surface area contributed by atoms with Gasteiger partial charge in [0.25, 0.3) is 0 Å². The zero-order chi connectivity index (χ0) is 9.40. The summed E-state index contributed by atoms with van der Waals surface area (Å²) in [5.74, 6) is 2.29. The van der Waals surface area contributed by atoms with Gasteiger partial charge in [0.05, 0.1) is 0 Å². The lowest BCUT2D eigenvalue weighted by Crippen LogP contribution is -2.30. The van der Waals surface area contributed by atoms with Gasteiger partial charge in [0, 0.05) is 18.2 Å². The number of carbonyl (C=O) groups excluding carboxylic acids is 1. The molecule has 0 aliphatic heterocycles. The van der Waals surface area contributed by atoms with Crippen LogP contribution in [0.5, 0.6) is 0 Å². The highest BCUT2D eigenvalue weighted by molar-refractivity contribution is 7.99. The average molecular weight is 189 g/mol. The molecule has 0 atom stereocenters. The standard InChI is InChI=1S/C9H19NOS/c1-4-6-12-7-5-9(11)10-8(2)3/h8H,4-7H2,1-3H3,(H,10,11). The Bertz CT molecular complexity index is 126. The molecule has 0 rings (SSSR count). The molecule has 0 aromatic rings. The van der Waals surface area contributed by atoms with Crippen molar-refractivity contribution in [2.45, 2.75) is 39.7 Å². The third kappa shape index (κ3) is 7.92. The highest BCUT2D eigenvalue weighted by atomic mass is 32.2. The van der Waals surface area contributed by atoms with E-state index in [-0.39, 0.29) is 11.9 Å². The van der Waals surface area contributed by atoms with Crippen molar-refractivity contribution in [2.24, 2.45) is 0 Å². The van der Waals surface area contributed by atoms with Gasteiger partial charge in [0.1, 0.15) is 0 Å².